The minimum Gasteiger partial charge on any atom is -0.338 e. The fraction of sp³-hybridized carbons (Fsp3) is 0.579. The van der Waals surface area contributed by atoms with Crippen molar-refractivity contribution in [2.75, 3.05) is 25.4 Å². The van der Waals surface area contributed by atoms with E-state index < -0.39 is 4.92 Å². The first-order valence-electron chi connectivity index (χ1n) is 9.30. The predicted molar refractivity (Wildman–Crippen MR) is 105 cm³/mol. The van der Waals surface area contributed by atoms with Gasteiger partial charge >= 0.3 is 0 Å². The number of rotatable bonds is 4. The van der Waals surface area contributed by atoms with E-state index in [0.717, 1.165) is 25.1 Å². The standard InChI is InChI=1S/C19H25N3O4S/c1-14(2)12-17(23)21-10-11-27-19(21)6-8-20(9-7-19)18(24)15-4-3-5-16(13-15)22(25)26/h3-5,13-14H,6-12H2,1-2H3. The van der Waals surface area contributed by atoms with Crippen molar-refractivity contribution in [3.63, 3.8) is 0 Å². The normalized spacial score (nSPS) is 18.9. The van der Waals surface area contributed by atoms with Crippen LogP contribution in [0.15, 0.2) is 24.3 Å². The third kappa shape index (κ3) is 4.10. The van der Waals surface area contributed by atoms with E-state index in [4.69, 9.17) is 0 Å². The molecule has 0 bridgehead atoms. The van der Waals surface area contributed by atoms with E-state index in [9.17, 15) is 19.7 Å². The fourth-order valence-corrected chi connectivity index (χ4v) is 5.30. The molecule has 146 valence electrons. The number of nitrogens with zero attached hydrogens (tertiary/aromatic N) is 3. The molecule has 2 saturated heterocycles. The predicted octanol–water partition coefficient (Wildman–Crippen LogP) is 3.15. The number of carbonyl (C=O) groups is 2. The summed E-state index contributed by atoms with van der Waals surface area (Å²) in [7, 11) is 0. The number of carbonyl (C=O) groups excluding carboxylic acids is 2. The average Bonchev–Trinajstić information content (AvgIpc) is 3.04. The minimum atomic E-state index is -0.491. The van der Waals surface area contributed by atoms with E-state index in [1.54, 1.807) is 11.0 Å². The van der Waals surface area contributed by atoms with Crippen LogP contribution < -0.4 is 0 Å². The molecule has 1 spiro atoms. The van der Waals surface area contributed by atoms with Crippen molar-refractivity contribution in [3.8, 4) is 0 Å². The number of amides is 2. The number of benzene rings is 1. The number of hydrogen-bond donors (Lipinski definition) is 0. The number of thioether (sulfide) groups is 1. The number of likely N-dealkylation sites (tertiary alicyclic amines) is 1. The van der Waals surface area contributed by atoms with Crippen LogP contribution in [0.2, 0.25) is 0 Å². The Bertz CT molecular complexity index is 744. The van der Waals surface area contributed by atoms with E-state index in [1.807, 2.05) is 30.5 Å². The van der Waals surface area contributed by atoms with Gasteiger partial charge in [-0.25, -0.2) is 0 Å². The Labute approximate surface area is 163 Å². The van der Waals surface area contributed by atoms with Gasteiger partial charge in [0.1, 0.15) is 0 Å². The Kier molecular flexibility index (Phi) is 5.74. The molecule has 0 saturated carbocycles. The van der Waals surface area contributed by atoms with Crippen LogP contribution in [0.5, 0.6) is 0 Å². The summed E-state index contributed by atoms with van der Waals surface area (Å²) in [6.07, 6.45) is 2.03. The molecule has 2 aliphatic rings. The molecule has 0 radical (unpaired) electrons. The highest BCUT2D eigenvalue weighted by atomic mass is 32.2. The summed E-state index contributed by atoms with van der Waals surface area (Å²) in [5, 5.41) is 10.9. The van der Waals surface area contributed by atoms with Crippen LogP contribution in [0.3, 0.4) is 0 Å². The smallest absolute Gasteiger partial charge is 0.270 e. The third-order valence-electron chi connectivity index (χ3n) is 5.20. The van der Waals surface area contributed by atoms with Gasteiger partial charge in [0.25, 0.3) is 11.6 Å². The Morgan fingerprint density at radius 1 is 1.26 bits per heavy atom. The number of hydrogen-bond acceptors (Lipinski definition) is 5. The van der Waals surface area contributed by atoms with Crippen LogP contribution in [0.4, 0.5) is 5.69 Å². The Morgan fingerprint density at radius 3 is 2.59 bits per heavy atom. The maximum Gasteiger partial charge on any atom is 0.270 e. The highest BCUT2D eigenvalue weighted by molar-refractivity contribution is 8.00. The zero-order valence-corrected chi connectivity index (χ0v) is 16.5. The van der Waals surface area contributed by atoms with Crippen molar-refractivity contribution in [1.29, 1.82) is 0 Å². The number of nitro benzene ring substituents is 1. The summed E-state index contributed by atoms with van der Waals surface area (Å²) >= 11 is 1.82. The molecule has 0 aromatic heterocycles. The van der Waals surface area contributed by atoms with E-state index >= 15 is 0 Å². The summed E-state index contributed by atoms with van der Waals surface area (Å²) in [5.74, 6) is 1.28. The van der Waals surface area contributed by atoms with E-state index in [-0.39, 0.29) is 22.4 Å². The lowest BCUT2D eigenvalue weighted by Crippen LogP contribution is -2.53. The van der Waals surface area contributed by atoms with Gasteiger partial charge < -0.3 is 9.80 Å². The number of nitro groups is 1. The molecule has 0 aliphatic carbocycles. The Hall–Kier alpha value is -2.09. The van der Waals surface area contributed by atoms with Gasteiger partial charge in [0.2, 0.25) is 5.91 Å². The van der Waals surface area contributed by atoms with Gasteiger partial charge in [0.15, 0.2) is 0 Å². The van der Waals surface area contributed by atoms with Crippen molar-refractivity contribution in [3.05, 3.63) is 39.9 Å². The quantitative estimate of drug-likeness (QED) is 0.581. The third-order valence-corrected chi connectivity index (χ3v) is 6.75. The molecule has 1 aromatic rings. The molecule has 0 atom stereocenters. The SMILES string of the molecule is CC(C)CC(=O)N1CCSC12CCN(C(=O)c1cccc([N+](=O)[O-])c1)CC2. The van der Waals surface area contributed by atoms with Gasteiger partial charge in [-0.05, 0) is 24.8 Å². The van der Waals surface area contributed by atoms with Gasteiger partial charge in [0.05, 0.1) is 9.79 Å². The molecule has 2 fully saturated rings. The molecule has 0 N–H and O–H groups in total. The minimum absolute atomic E-state index is 0.0777. The van der Waals surface area contributed by atoms with Crippen LogP contribution in [-0.4, -0.2) is 56.8 Å². The monoisotopic (exact) mass is 391 g/mol. The van der Waals surface area contributed by atoms with Gasteiger partial charge in [0, 0.05) is 49.5 Å². The lowest BCUT2D eigenvalue weighted by atomic mass is 9.99. The number of non-ortho nitro benzene ring substituents is 1. The molecule has 7 nitrogen and oxygen atoms in total. The second-order valence-electron chi connectivity index (χ2n) is 7.54. The number of piperidine rings is 1. The largest absolute Gasteiger partial charge is 0.338 e. The summed E-state index contributed by atoms with van der Waals surface area (Å²) in [4.78, 5) is 39.4. The highest BCUT2D eigenvalue weighted by Crippen LogP contribution is 2.44. The van der Waals surface area contributed by atoms with Crippen LogP contribution in [0.25, 0.3) is 0 Å². The van der Waals surface area contributed by atoms with E-state index in [1.165, 1.54) is 18.2 Å². The average molecular weight is 391 g/mol. The second kappa shape index (κ2) is 7.88. The Balaban J connectivity index is 1.67. The lowest BCUT2D eigenvalue weighted by molar-refractivity contribution is -0.384. The van der Waals surface area contributed by atoms with Crippen molar-refractivity contribution in [1.82, 2.24) is 9.80 Å². The van der Waals surface area contributed by atoms with Crippen LogP contribution in [-0.2, 0) is 4.79 Å². The van der Waals surface area contributed by atoms with Gasteiger partial charge in [-0.3, -0.25) is 19.7 Å². The van der Waals surface area contributed by atoms with Crippen LogP contribution >= 0.6 is 11.8 Å². The molecule has 3 rings (SSSR count). The molecular formula is C19H25N3O4S. The second-order valence-corrected chi connectivity index (χ2v) is 8.99. The van der Waals surface area contributed by atoms with E-state index in [0.29, 0.717) is 31.0 Å². The molecule has 0 unspecified atom stereocenters. The zero-order chi connectivity index (χ0) is 19.6. The van der Waals surface area contributed by atoms with Gasteiger partial charge in [-0.2, -0.15) is 0 Å². The molecular weight excluding hydrogens is 366 g/mol. The molecule has 2 amide bonds. The first kappa shape index (κ1) is 19.7. The molecule has 27 heavy (non-hydrogen) atoms. The first-order valence-corrected chi connectivity index (χ1v) is 10.3. The topological polar surface area (TPSA) is 83.8 Å². The van der Waals surface area contributed by atoms with E-state index in [2.05, 4.69) is 0 Å². The molecule has 2 aliphatic heterocycles. The highest BCUT2D eigenvalue weighted by Gasteiger charge is 2.46. The van der Waals surface area contributed by atoms with Crippen molar-refractivity contribution in [2.24, 2.45) is 5.92 Å². The maximum atomic E-state index is 12.8. The van der Waals surface area contributed by atoms with Crippen LogP contribution in [0, 0.1) is 16.0 Å². The molecule has 1 aromatic carbocycles. The maximum absolute atomic E-state index is 12.8. The van der Waals surface area contributed by atoms with Crippen molar-refractivity contribution in [2.45, 2.75) is 38.0 Å². The Morgan fingerprint density at radius 2 is 1.96 bits per heavy atom. The van der Waals surface area contributed by atoms with Gasteiger partial charge in [-0.15, -0.1) is 11.8 Å². The van der Waals surface area contributed by atoms with Crippen molar-refractivity contribution < 1.29 is 14.5 Å². The summed E-state index contributed by atoms with van der Waals surface area (Å²) < 4.78 is 0. The summed E-state index contributed by atoms with van der Waals surface area (Å²) in [6, 6.07) is 5.86. The van der Waals surface area contributed by atoms with Crippen molar-refractivity contribution >= 4 is 29.3 Å². The first-order chi connectivity index (χ1) is 12.8. The van der Waals surface area contributed by atoms with Gasteiger partial charge in [-0.1, -0.05) is 19.9 Å². The zero-order valence-electron chi connectivity index (χ0n) is 15.7. The summed E-state index contributed by atoms with van der Waals surface area (Å²) in [6.45, 7) is 5.98. The van der Waals surface area contributed by atoms with Crippen LogP contribution in [0.1, 0.15) is 43.5 Å². The molecule has 8 heteroatoms. The lowest BCUT2D eigenvalue weighted by Gasteiger charge is -2.44. The molecule has 2 heterocycles. The summed E-state index contributed by atoms with van der Waals surface area (Å²) in [5.41, 5.74) is 0.262. The fourth-order valence-electron chi connectivity index (χ4n) is 3.83.